The molecule has 5 nitrogen and oxygen atoms in total. The van der Waals surface area contributed by atoms with Crippen LogP contribution in [0.1, 0.15) is 6.42 Å². The number of hydrogen-bond acceptors (Lipinski definition) is 4. The van der Waals surface area contributed by atoms with E-state index in [0.29, 0.717) is 19.5 Å². The standard InChI is InChI=1S/C11H15ClN2O3S.2ClH/c12-8-3-1-2-4-11(8)18(16,17)14-9-5-6-13-7-10(9)15;;/h1-4,9-10,13-15H,5-7H2;2*1H/t9-,10-;;/m1../s1. The normalized spacial score (nSPS) is 22.5. The molecule has 0 bridgehead atoms. The molecule has 2 atom stereocenters. The fraction of sp³-hybridized carbons (Fsp3) is 0.455. The minimum Gasteiger partial charge on any atom is -0.390 e. The minimum absolute atomic E-state index is 0. The second kappa shape index (κ2) is 8.38. The average molecular weight is 364 g/mol. The van der Waals surface area contributed by atoms with Crippen molar-refractivity contribution < 1.29 is 13.5 Å². The molecule has 0 amide bonds. The molecule has 1 aromatic carbocycles. The Bertz CT molecular complexity index is 527. The summed E-state index contributed by atoms with van der Waals surface area (Å²) in [5, 5.41) is 12.9. The first-order chi connectivity index (χ1) is 8.50. The fourth-order valence-electron chi connectivity index (χ4n) is 1.91. The number of aliphatic hydroxyl groups is 1. The molecule has 116 valence electrons. The second-order valence-corrected chi connectivity index (χ2v) is 6.31. The highest BCUT2D eigenvalue weighted by atomic mass is 35.5. The van der Waals surface area contributed by atoms with E-state index in [4.69, 9.17) is 11.6 Å². The van der Waals surface area contributed by atoms with Crippen LogP contribution in [-0.2, 0) is 10.0 Å². The van der Waals surface area contributed by atoms with E-state index in [1.54, 1.807) is 12.1 Å². The molecule has 3 N–H and O–H groups in total. The van der Waals surface area contributed by atoms with Gasteiger partial charge >= 0.3 is 0 Å². The van der Waals surface area contributed by atoms with Gasteiger partial charge in [0, 0.05) is 6.54 Å². The zero-order valence-electron chi connectivity index (χ0n) is 10.5. The summed E-state index contributed by atoms with van der Waals surface area (Å²) < 4.78 is 26.8. The Hall–Kier alpha value is -0.0800. The van der Waals surface area contributed by atoms with Gasteiger partial charge in [-0.15, -0.1) is 24.8 Å². The van der Waals surface area contributed by atoms with Crippen LogP contribution in [0.15, 0.2) is 29.2 Å². The van der Waals surface area contributed by atoms with Crippen LogP contribution in [0.5, 0.6) is 0 Å². The summed E-state index contributed by atoms with van der Waals surface area (Å²) >= 11 is 5.87. The van der Waals surface area contributed by atoms with Gasteiger partial charge < -0.3 is 10.4 Å². The molecule has 0 unspecified atom stereocenters. The van der Waals surface area contributed by atoms with Crippen molar-refractivity contribution in [1.29, 1.82) is 0 Å². The van der Waals surface area contributed by atoms with Gasteiger partial charge in [-0.25, -0.2) is 13.1 Å². The quantitative estimate of drug-likeness (QED) is 0.753. The van der Waals surface area contributed by atoms with E-state index in [0.717, 1.165) is 0 Å². The zero-order valence-corrected chi connectivity index (χ0v) is 13.7. The predicted octanol–water partition coefficient (Wildman–Crippen LogP) is 1.18. The van der Waals surface area contributed by atoms with Gasteiger partial charge in [-0.05, 0) is 25.1 Å². The van der Waals surface area contributed by atoms with E-state index < -0.39 is 22.2 Å². The van der Waals surface area contributed by atoms with Crippen LogP contribution in [0, 0.1) is 0 Å². The summed E-state index contributed by atoms with van der Waals surface area (Å²) in [5.41, 5.74) is 0. The summed E-state index contributed by atoms with van der Waals surface area (Å²) in [4.78, 5) is 0.0393. The summed E-state index contributed by atoms with van der Waals surface area (Å²) in [7, 11) is -3.69. The molecule has 1 aliphatic heterocycles. The van der Waals surface area contributed by atoms with Crippen LogP contribution in [0.4, 0.5) is 0 Å². The topological polar surface area (TPSA) is 78.4 Å². The van der Waals surface area contributed by atoms with Crippen molar-refractivity contribution in [3.8, 4) is 0 Å². The smallest absolute Gasteiger partial charge is 0.242 e. The summed E-state index contributed by atoms with van der Waals surface area (Å²) in [6, 6.07) is 5.76. The van der Waals surface area contributed by atoms with Crippen molar-refractivity contribution in [1.82, 2.24) is 10.0 Å². The first kappa shape index (κ1) is 19.9. The maximum absolute atomic E-state index is 12.1. The molecule has 0 spiro atoms. The number of β-amino-alcohol motifs (C(OH)–C–C–N with tert-alkyl or cyclic N) is 1. The lowest BCUT2D eigenvalue weighted by atomic mass is 10.1. The van der Waals surface area contributed by atoms with E-state index in [9.17, 15) is 13.5 Å². The molecule has 0 saturated carbocycles. The van der Waals surface area contributed by atoms with Gasteiger partial charge in [0.1, 0.15) is 4.90 Å². The highest BCUT2D eigenvalue weighted by molar-refractivity contribution is 7.89. The van der Waals surface area contributed by atoms with E-state index in [2.05, 4.69) is 10.0 Å². The van der Waals surface area contributed by atoms with Crippen molar-refractivity contribution in [3.05, 3.63) is 29.3 Å². The minimum atomic E-state index is -3.69. The van der Waals surface area contributed by atoms with E-state index in [1.165, 1.54) is 12.1 Å². The molecule has 20 heavy (non-hydrogen) atoms. The van der Waals surface area contributed by atoms with Crippen molar-refractivity contribution in [3.63, 3.8) is 0 Å². The van der Waals surface area contributed by atoms with Crippen LogP contribution in [-0.4, -0.2) is 38.8 Å². The largest absolute Gasteiger partial charge is 0.390 e. The number of sulfonamides is 1. The van der Waals surface area contributed by atoms with Gasteiger partial charge in [0.15, 0.2) is 0 Å². The Labute approximate surface area is 136 Å². The van der Waals surface area contributed by atoms with Gasteiger partial charge in [0.05, 0.1) is 17.2 Å². The molecular weight excluding hydrogens is 347 g/mol. The van der Waals surface area contributed by atoms with Crippen LogP contribution in [0.3, 0.4) is 0 Å². The van der Waals surface area contributed by atoms with Crippen molar-refractivity contribution in [2.45, 2.75) is 23.5 Å². The predicted molar refractivity (Wildman–Crippen MR) is 83.6 cm³/mol. The van der Waals surface area contributed by atoms with Crippen LogP contribution in [0.2, 0.25) is 5.02 Å². The molecule has 1 heterocycles. The Kier molecular flexibility index (Phi) is 8.35. The highest BCUT2D eigenvalue weighted by Gasteiger charge is 2.28. The monoisotopic (exact) mass is 362 g/mol. The average Bonchev–Trinajstić information content (AvgIpc) is 2.32. The molecule has 1 fully saturated rings. The van der Waals surface area contributed by atoms with Crippen molar-refractivity contribution >= 4 is 46.4 Å². The van der Waals surface area contributed by atoms with Crippen LogP contribution in [0.25, 0.3) is 0 Å². The molecule has 9 heteroatoms. The second-order valence-electron chi connectivity index (χ2n) is 4.22. The maximum atomic E-state index is 12.1. The Morgan fingerprint density at radius 2 is 1.95 bits per heavy atom. The van der Waals surface area contributed by atoms with Crippen LogP contribution >= 0.6 is 36.4 Å². The Balaban J connectivity index is 0.00000180. The molecule has 0 aromatic heterocycles. The van der Waals surface area contributed by atoms with Crippen molar-refractivity contribution in [2.24, 2.45) is 0 Å². The fourth-order valence-corrected chi connectivity index (χ4v) is 3.73. The van der Waals surface area contributed by atoms with Crippen LogP contribution < -0.4 is 10.0 Å². The molecule has 1 saturated heterocycles. The number of benzene rings is 1. The molecule has 0 radical (unpaired) electrons. The molecule has 2 rings (SSSR count). The van der Waals surface area contributed by atoms with Gasteiger partial charge in [-0.2, -0.15) is 0 Å². The first-order valence-electron chi connectivity index (χ1n) is 5.66. The Morgan fingerprint density at radius 3 is 2.55 bits per heavy atom. The summed E-state index contributed by atoms with van der Waals surface area (Å²) in [6.07, 6.45) is -0.179. The number of aliphatic hydroxyl groups excluding tert-OH is 1. The van der Waals surface area contributed by atoms with Crippen molar-refractivity contribution in [2.75, 3.05) is 13.1 Å². The van der Waals surface area contributed by atoms with E-state index in [1.807, 2.05) is 0 Å². The Morgan fingerprint density at radius 1 is 1.30 bits per heavy atom. The molecule has 0 aliphatic carbocycles. The lowest BCUT2D eigenvalue weighted by Crippen LogP contribution is -2.52. The number of nitrogens with one attached hydrogen (secondary N) is 2. The third-order valence-electron chi connectivity index (χ3n) is 2.88. The third kappa shape index (κ3) is 4.73. The summed E-state index contributed by atoms with van der Waals surface area (Å²) in [6.45, 7) is 1.06. The third-order valence-corrected chi connectivity index (χ3v) is 4.87. The number of halogens is 3. The van der Waals surface area contributed by atoms with Gasteiger partial charge in [0.2, 0.25) is 10.0 Å². The summed E-state index contributed by atoms with van der Waals surface area (Å²) in [5.74, 6) is 0. The number of hydrogen-bond donors (Lipinski definition) is 3. The van der Waals surface area contributed by atoms with E-state index in [-0.39, 0.29) is 34.7 Å². The van der Waals surface area contributed by atoms with Gasteiger partial charge in [0.25, 0.3) is 0 Å². The lowest BCUT2D eigenvalue weighted by Gasteiger charge is -2.28. The zero-order chi connectivity index (χ0) is 13.2. The maximum Gasteiger partial charge on any atom is 0.242 e. The first-order valence-corrected chi connectivity index (χ1v) is 7.52. The number of rotatable bonds is 3. The van der Waals surface area contributed by atoms with E-state index >= 15 is 0 Å². The number of piperidine rings is 1. The lowest BCUT2D eigenvalue weighted by molar-refractivity contribution is 0.113. The van der Waals surface area contributed by atoms with Gasteiger partial charge in [-0.3, -0.25) is 0 Å². The molecule has 1 aromatic rings. The molecular formula is C11H17Cl3N2O3S. The molecule has 1 aliphatic rings. The van der Waals surface area contributed by atoms with Gasteiger partial charge in [-0.1, -0.05) is 23.7 Å². The SMILES string of the molecule is Cl.Cl.O=S(=O)(N[C@@H]1CCNC[C@H]1O)c1ccccc1Cl. The highest BCUT2D eigenvalue weighted by Crippen LogP contribution is 2.21.